The fourth-order valence-corrected chi connectivity index (χ4v) is 1.89. The van der Waals surface area contributed by atoms with E-state index in [9.17, 15) is 13.2 Å². The van der Waals surface area contributed by atoms with Crippen LogP contribution in [-0.2, 0) is 6.42 Å². The fraction of sp³-hybridized carbons (Fsp3) is 0.538. The molecule has 102 valence electrons. The van der Waals surface area contributed by atoms with E-state index in [1.807, 2.05) is 19.1 Å². The lowest BCUT2D eigenvalue weighted by molar-refractivity contribution is -0.139. The second-order valence-electron chi connectivity index (χ2n) is 4.32. The van der Waals surface area contributed by atoms with E-state index >= 15 is 0 Å². The third-order valence-corrected chi connectivity index (χ3v) is 2.79. The Kier molecular flexibility index (Phi) is 5.02. The molecule has 0 heterocycles. The van der Waals surface area contributed by atoms with Crippen LogP contribution in [0.4, 0.5) is 13.2 Å². The first-order chi connectivity index (χ1) is 8.35. The maximum Gasteiger partial charge on any atom is 0.390 e. The molecule has 0 bridgehead atoms. The number of nitrogens with one attached hydrogen (secondary N) is 1. The topological polar surface area (TPSA) is 21.3 Å². The largest absolute Gasteiger partial charge is 0.496 e. The molecule has 0 saturated heterocycles. The summed E-state index contributed by atoms with van der Waals surface area (Å²) in [5, 5.41) is 2.70. The lowest BCUT2D eigenvalue weighted by Crippen LogP contribution is -2.33. The van der Waals surface area contributed by atoms with E-state index in [1.165, 1.54) is 7.11 Å². The molecule has 1 N–H and O–H groups in total. The second kappa shape index (κ2) is 6.09. The van der Waals surface area contributed by atoms with E-state index in [1.54, 1.807) is 13.1 Å². The SMILES string of the molecule is CNC(Cc1cc(C)ccc1OC)CC(F)(F)F. The summed E-state index contributed by atoms with van der Waals surface area (Å²) < 4.78 is 42.3. The first-order valence-electron chi connectivity index (χ1n) is 5.73. The van der Waals surface area contributed by atoms with E-state index in [0.29, 0.717) is 12.2 Å². The number of aryl methyl sites for hydroxylation is 1. The highest BCUT2D eigenvalue weighted by Crippen LogP contribution is 2.26. The minimum absolute atomic E-state index is 0.293. The van der Waals surface area contributed by atoms with E-state index in [-0.39, 0.29) is 0 Å². The van der Waals surface area contributed by atoms with Gasteiger partial charge >= 0.3 is 6.18 Å². The number of methoxy groups -OCH3 is 1. The van der Waals surface area contributed by atoms with Crippen LogP contribution in [0.15, 0.2) is 18.2 Å². The highest BCUT2D eigenvalue weighted by molar-refractivity contribution is 5.37. The lowest BCUT2D eigenvalue weighted by atomic mass is 10.0. The van der Waals surface area contributed by atoms with Crippen molar-refractivity contribution < 1.29 is 17.9 Å². The molecule has 18 heavy (non-hydrogen) atoms. The zero-order chi connectivity index (χ0) is 13.8. The monoisotopic (exact) mass is 261 g/mol. The van der Waals surface area contributed by atoms with Crippen LogP contribution >= 0.6 is 0 Å². The Morgan fingerprint density at radius 3 is 2.50 bits per heavy atom. The molecule has 1 atom stereocenters. The summed E-state index contributed by atoms with van der Waals surface area (Å²) in [6.07, 6.45) is -4.72. The number of ether oxygens (including phenoxy) is 1. The number of hydrogen-bond acceptors (Lipinski definition) is 2. The van der Waals surface area contributed by atoms with Crippen molar-refractivity contribution in [1.82, 2.24) is 5.32 Å². The van der Waals surface area contributed by atoms with Crippen LogP contribution in [0.3, 0.4) is 0 Å². The highest BCUT2D eigenvalue weighted by Gasteiger charge is 2.31. The van der Waals surface area contributed by atoms with Gasteiger partial charge in [-0.3, -0.25) is 0 Å². The van der Waals surface area contributed by atoms with E-state index < -0.39 is 18.6 Å². The van der Waals surface area contributed by atoms with Gasteiger partial charge in [0, 0.05) is 6.04 Å². The van der Waals surface area contributed by atoms with Crippen LogP contribution in [0.5, 0.6) is 5.75 Å². The molecule has 0 aliphatic carbocycles. The van der Waals surface area contributed by atoms with Crippen LogP contribution < -0.4 is 10.1 Å². The van der Waals surface area contributed by atoms with Crippen molar-refractivity contribution in [2.24, 2.45) is 0 Å². The van der Waals surface area contributed by atoms with Crippen molar-refractivity contribution in [3.05, 3.63) is 29.3 Å². The van der Waals surface area contributed by atoms with Gasteiger partial charge in [0.25, 0.3) is 0 Å². The molecule has 1 aromatic rings. The summed E-state index contributed by atoms with van der Waals surface area (Å²) in [4.78, 5) is 0. The highest BCUT2D eigenvalue weighted by atomic mass is 19.4. The molecule has 0 aromatic heterocycles. The molecule has 0 aliphatic rings. The van der Waals surface area contributed by atoms with Crippen molar-refractivity contribution in [3.8, 4) is 5.75 Å². The molecule has 1 aromatic carbocycles. The second-order valence-corrected chi connectivity index (χ2v) is 4.32. The van der Waals surface area contributed by atoms with Gasteiger partial charge in [0.15, 0.2) is 0 Å². The number of rotatable bonds is 5. The first-order valence-corrected chi connectivity index (χ1v) is 5.73. The van der Waals surface area contributed by atoms with Crippen molar-refractivity contribution in [3.63, 3.8) is 0 Å². The van der Waals surface area contributed by atoms with Gasteiger partial charge in [-0.05, 0) is 32.0 Å². The molecule has 1 unspecified atom stereocenters. The fourth-order valence-electron chi connectivity index (χ4n) is 1.89. The minimum atomic E-state index is -4.16. The molecular weight excluding hydrogens is 243 g/mol. The van der Waals surface area contributed by atoms with Gasteiger partial charge in [-0.15, -0.1) is 0 Å². The molecule has 0 fully saturated rings. The summed E-state index contributed by atoms with van der Waals surface area (Å²) in [7, 11) is 3.06. The van der Waals surface area contributed by atoms with Gasteiger partial charge in [0.05, 0.1) is 13.5 Å². The minimum Gasteiger partial charge on any atom is -0.496 e. The smallest absolute Gasteiger partial charge is 0.390 e. The van der Waals surface area contributed by atoms with Gasteiger partial charge in [-0.25, -0.2) is 0 Å². The quantitative estimate of drug-likeness (QED) is 0.879. The third-order valence-electron chi connectivity index (χ3n) is 2.79. The Morgan fingerprint density at radius 2 is 2.00 bits per heavy atom. The predicted octanol–water partition coefficient (Wildman–Crippen LogP) is 3.09. The zero-order valence-corrected chi connectivity index (χ0v) is 10.8. The summed E-state index contributed by atoms with van der Waals surface area (Å²) in [6.45, 7) is 1.90. The van der Waals surface area contributed by atoms with E-state index in [4.69, 9.17) is 4.74 Å². The third kappa shape index (κ3) is 4.56. The molecule has 0 saturated carbocycles. The Bertz CT molecular complexity index is 390. The van der Waals surface area contributed by atoms with Crippen LogP contribution in [0.25, 0.3) is 0 Å². The van der Waals surface area contributed by atoms with Crippen molar-refractivity contribution in [2.45, 2.75) is 32.0 Å². The van der Waals surface area contributed by atoms with E-state index in [0.717, 1.165) is 11.1 Å². The lowest BCUT2D eigenvalue weighted by Gasteiger charge is -2.19. The molecule has 0 aliphatic heterocycles. The maximum absolute atomic E-state index is 12.4. The van der Waals surface area contributed by atoms with Crippen LogP contribution in [-0.4, -0.2) is 26.4 Å². The molecule has 1 rings (SSSR count). The van der Waals surface area contributed by atoms with Gasteiger partial charge < -0.3 is 10.1 Å². The van der Waals surface area contributed by atoms with Crippen LogP contribution in [0, 0.1) is 6.92 Å². The summed E-state index contributed by atoms with van der Waals surface area (Å²) >= 11 is 0. The van der Waals surface area contributed by atoms with Crippen molar-refractivity contribution in [1.29, 1.82) is 0 Å². The average Bonchev–Trinajstić information content (AvgIpc) is 2.26. The number of hydrogen-bond donors (Lipinski definition) is 1. The summed E-state index contributed by atoms with van der Waals surface area (Å²) in [5.74, 6) is 0.628. The van der Waals surface area contributed by atoms with E-state index in [2.05, 4.69) is 5.32 Å². The summed E-state index contributed by atoms with van der Waals surface area (Å²) in [5.41, 5.74) is 1.80. The summed E-state index contributed by atoms with van der Waals surface area (Å²) in [6, 6.07) is 4.88. The molecule has 0 spiro atoms. The van der Waals surface area contributed by atoms with Crippen LogP contribution in [0.2, 0.25) is 0 Å². The normalized spacial score (nSPS) is 13.4. The first kappa shape index (κ1) is 14.8. The van der Waals surface area contributed by atoms with Gasteiger partial charge in [0.1, 0.15) is 5.75 Å². The number of halogens is 3. The van der Waals surface area contributed by atoms with Crippen molar-refractivity contribution in [2.75, 3.05) is 14.2 Å². The number of likely N-dealkylation sites (N-methyl/N-ethyl adjacent to an activating group) is 1. The van der Waals surface area contributed by atoms with Gasteiger partial charge in [-0.2, -0.15) is 13.2 Å². The van der Waals surface area contributed by atoms with Gasteiger partial charge in [0.2, 0.25) is 0 Å². The zero-order valence-electron chi connectivity index (χ0n) is 10.8. The Balaban J connectivity index is 2.84. The number of benzene rings is 1. The Labute approximate surface area is 105 Å². The molecule has 0 amide bonds. The molecule has 5 heteroatoms. The maximum atomic E-state index is 12.4. The Hall–Kier alpha value is -1.23. The van der Waals surface area contributed by atoms with Gasteiger partial charge in [-0.1, -0.05) is 17.7 Å². The Morgan fingerprint density at radius 1 is 1.33 bits per heavy atom. The molecule has 0 radical (unpaired) electrons. The van der Waals surface area contributed by atoms with Crippen molar-refractivity contribution >= 4 is 0 Å². The molecular formula is C13H18F3NO. The standard InChI is InChI=1S/C13H18F3NO/c1-9-4-5-12(18-3)10(6-9)7-11(17-2)8-13(14,15)16/h4-6,11,17H,7-8H2,1-3H3. The number of alkyl halides is 3. The van der Waals surface area contributed by atoms with Crippen LogP contribution in [0.1, 0.15) is 17.5 Å². The predicted molar refractivity (Wildman–Crippen MR) is 65.0 cm³/mol. The average molecular weight is 261 g/mol. The molecule has 2 nitrogen and oxygen atoms in total.